The lowest BCUT2D eigenvalue weighted by atomic mass is 10.1. The number of fused-ring (bicyclic) bond motifs is 1. The van der Waals surface area contributed by atoms with Crippen molar-refractivity contribution < 1.29 is 0 Å². The molecular formula is C12H18N4. The van der Waals surface area contributed by atoms with Crippen LogP contribution in [-0.4, -0.2) is 21.5 Å². The molecule has 2 aromatic rings. The molecule has 0 saturated heterocycles. The first kappa shape index (κ1) is 11.1. The largest absolute Gasteiger partial charge is 0.346 e. The van der Waals surface area contributed by atoms with Crippen molar-refractivity contribution in [2.45, 2.75) is 32.6 Å². The maximum atomic E-state index is 5.48. The Morgan fingerprint density at radius 3 is 2.94 bits per heavy atom. The highest BCUT2D eigenvalue weighted by atomic mass is 14.9. The molecule has 4 heteroatoms. The number of nitrogens with two attached hydrogens (primary N) is 1. The minimum absolute atomic E-state index is 0.780. The molecule has 0 aromatic carbocycles. The van der Waals surface area contributed by atoms with Gasteiger partial charge in [-0.3, -0.25) is 0 Å². The Kier molecular flexibility index (Phi) is 3.51. The van der Waals surface area contributed by atoms with E-state index in [1.54, 1.807) is 0 Å². The van der Waals surface area contributed by atoms with E-state index in [-0.39, 0.29) is 0 Å². The molecule has 2 aromatic heterocycles. The molecule has 2 rings (SSSR count). The number of H-pyrrole nitrogens is 1. The van der Waals surface area contributed by atoms with Gasteiger partial charge in [0.25, 0.3) is 0 Å². The van der Waals surface area contributed by atoms with Crippen LogP contribution in [0.3, 0.4) is 0 Å². The molecule has 0 amide bonds. The van der Waals surface area contributed by atoms with Crippen LogP contribution in [-0.2, 0) is 6.42 Å². The lowest BCUT2D eigenvalue weighted by molar-refractivity contribution is 0.679. The quantitative estimate of drug-likeness (QED) is 0.753. The van der Waals surface area contributed by atoms with Gasteiger partial charge in [-0.2, -0.15) is 0 Å². The molecule has 0 spiro atoms. The Labute approximate surface area is 95.3 Å². The summed E-state index contributed by atoms with van der Waals surface area (Å²) in [7, 11) is 0. The summed E-state index contributed by atoms with van der Waals surface area (Å²) >= 11 is 0. The van der Waals surface area contributed by atoms with Crippen molar-refractivity contribution in [1.82, 2.24) is 15.0 Å². The lowest BCUT2D eigenvalue weighted by Crippen LogP contribution is -2.00. The molecule has 2 heterocycles. The topological polar surface area (TPSA) is 67.6 Å². The SMILES string of the molecule is Cc1nc(CCCCCN)c2cc[nH]c2n1. The van der Waals surface area contributed by atoms with Gasteiger partial charge < -0.3 is 10.7 Å². The van der Waals surface area contributed by atoms with E-state index in [1.165, 1.54) is 6.42 Å². The minimum atomic E-state index is 0.780. The number of nitrogens with zero attached hydrogens (tertiary/aromatic N) is 2. The molecule has 0 aliphatic carbocycles. The average Bonchev–Trinajstić information content (AvgIpc) is 2.72. The first-order chi connectivity index (χ1) is 7.81. The summed E-state index contributed by atoms with van der Waals surface area (Å²) in [6.45, 7) is 2.71. The van der Waals surface area contributed by atoms with Crippen molar-refractivity contribution >= 4 is 11.0 Å². The minimum Gasteiger partial charge on any atom is -0.346 e. The highest BCUT2D eigenvalue weighted by Gasteiger charge is 2.05. The van der Waals surface area contributed by atoms with Gasteiger partial charge in [0.2, 0.25) is 0 Å². The van der Waals surface area contributed by atoms with Crippen LogP contribution in [0.25, 0.3) is 11.0 Å². The number of hydrogen-bond donors (Lipinski definition) is 2. The van der Waals surface area contributed by atoms with Gasteiger partial charge in [0.1, 0.15) is 11.5 Å². The number of aromatic amines is 1. The number of unbranched alkanes of at least 4 members (excludes halogenated alkanes) is 2. The molecule has 3 N–H and O–H groups in total. The van der Waals surface area contributed by atoms with Gasteiger partial charge in [0.15, 0.2) is 0 Å². The van der Waals surface area contributed by atoms with E-state index in [0.29, 0.717) is 0 Å². The Bertz CT molecular complexity index is 461. The second-order valence-electron chi connectivity index (χ2n) is 4.06. The Hall–Kier alpha value is -1.42. The summed E-state index contributed by atoms with van der Waals surface area (Å²) in [4.78, 5) is 12.0. The van der Waals surface area contributed by atoms with Crippen LogP contribution in [0.15, 0.2) is 12.3 Å². The second-order valence-corrected chi connectivity index (χ2v) is 4.06. The van der Waals surface area contributed by atoms with Gasteiger partial charge >= 0.3 is 0 Å². The van der Waals surface area contributed by atoms with E-state index in [4.69, 9.17) is 5.73 Å². The molecule has 0 bridgehead atoms. The number of aryl methyl sites for hydroxylation is 2. The van der Waals surface area contributed by atoms with Crippen LogP contribution in [0.5, 0.6) is 0 Å². The van der Waals surface area contributed by atoms with Crippen LogP contribution >= 0.6 is 0 Å². The molecule has 0 aliphatic rings. The fourth-order valence-corrected chi connectivity index (χ4v) is 1.93. The molecule has 16 heavy (non-hydrogen) atoms. The van der Waals surface area contributed by atoms with Crippen molar-refractivity contribution in [3.63, 3.8) is 0 Å². The number of rotatable bonds is 5. The summed E-state index contributed by atoms with van der Waals surface area (Å²) < 4.78 is 0. The maximum Gasteiger partial charge on any atom is 0.141 e. The molecule has 0 unspecified atom stereocenters. The predicted octanol–water partition coefficient (Wildman–Crippen LogP) is 1.94. The van der Waals surface area contributed by atoms with Gasteiger partial charge in [-0.1, -0.05) is 6.42 Å². The van der Waals surface area contributed by atoms with E-state index >= 15 is 0 Å². The van der Waals surface area contributed by atoms with Crippen LogP contribution < -0.4 is 5.73 Å². The summed E-state index contributed by atoms with van der Waals surface area (Å²) in [5, 5.41) is 1.15. The summed E-state index contributed by atoms with van der Waals surface area (Å²) in [6.07, 6.45) is 6.35. The van der Waals surface area contributed by atoms with Crippen LogP contribution in [0.1, 0.15) is 30.8 Å². The third kappa shape index (κ3) is 2.39. The lowest BCUT2D eigenvalue weighted by Gasteiger charge is -2.03. The van der Waals surface area contributed by atoms with E-state index in [0.717, 1.165) is 48.4 Å². The van der Waals surface area contributed by atoms with Crippen molar-refractivity contribution in [3.05, 3.63) is 23.8 Å². The summed E-state index contributed by atoms with van der Waals surface area (Å²) in [5.74, 6) is 0.837. The van der Waals surface area contributed by atoms with Crippen molar-refractivity contribution in [3.8, 4) is 0 Å². The van der Waals surface area contributed by atoms with Gasteiger partial charge in [-0.15, -0.1) is 0 Å². The maximum absolute atomic E-state index is 5.48. The molecule has 0 radical (unpaired) electrons. The zero-order chi connectivity index (χ0) is 11.4. The third-order valence-corrected chi connectivity index (χ3v) is 2.72. The fourth-order valence-electron chi connectivity index (χ4n) is 1.93. The number of nitrogens with one attached hydrogen (secondary N) is 1. The van der Waals surface area contributed by atoms with Gasteiger partial charge in [0, 0.05) is 11.6 Å². The summed E-state index contributed by atoms with van der Waals surface area (Å²) in [5.41, 5.74) is 7.57. The predicted molar refractivity (Wildman–Crippen MR) is 65.2 cm³/mol. The first-order valence-electron chi connectivity index (χ1n) is 5.82. The smallest absolute Gasteiger partial charge is 0.141 e. The normalized spacial score (nSPS) is 11.1. The molecule has 0 saturated carbocycles. The molecular weight excluding hydrogens is 200 g/mol. The number of hydrogen-bond acceptors (Lipinski definition) is 3. The van der Waals surface area contributed by atoms with Gasteiger partial charge in [0.05, 0.1) is 5.69 Å². The highest BCUT2D eigenvalue weighted by molar-refractivity contribution is 5.77. The molecule has 4 nitrogen and oxygen atoms in total. The van der Waals surface area contributed by atoms with Crippen LogP contribution in [0, 0.1) is 6.92 Å². The zero-order valence-electron chi connectivity index (χ0n) is 9.66. The molecule has 86 valence electrons. The van der Waals surface area contributed by atoms with E-state index in [1.807, 2.05) is 19.2 Å². The van der Waals surface area contributed by atoms with Gasteiger partial charge in [-0.05, 0) is 38.8 Å². The monoisotopic (exact) mass is 218 g/mol. The number of aromatic nitrogens is 3. The summed E-state index contributed by atoms with van der Waals surface area (Å²) in [6, 6.07) is 2.05. The standard InChI is InChI=1S/C12H18N4/c1-9-15-11(5-3-2-4-7-13)10-6-8-14-12(10)16-9/h6,8H,2-5,7,13H2,1H3,(H,14,15,16). The average molecular weight is 218 g/mol. The zero-order valence-corrected chi connectivity index (χ0v) is 9.66. The van der Waals surface area contributed by atoms with E-state index < -0.39 is 0 Å². The molecule has 0 atom stereocenters. The van der Waals surface area contributed by atoms with E-state index in [2.05, 4.69) is 15.0 Å². The van der Waals surface area contributed by atoms with Crippen molar-refractivity contribution in [2.24, 2.45) is 5.73 Å². The molecule has 0 fully saturated rings. The highest BCUT2D eigenvalue weighted by Crippen LogP contribution is 2.16. The van der Waals surface area contributed by atoms with Crippen molar-refractivity contribution in [1.29, 1.82) is 0 Å². The van der Waals surface area contributed by atoms with E-state index in [9.17, 15) is 0 Å². The second kappa shape index (κ2) is 5.07. The first-order valence-corrected chi connectivity index (χ1v) is 5.82. The molecule has 0 aliphatic heterocycles. The Morgan fingerprint density at radius 2 is 2.12 bits per heavy atom. The van der Waals surface area contributed by atoms with Gasteiger partial charge in [-0.25, -0.2) is 9.97 Å². The van der Waals surface area contributed by atoms with Crippen LogP contribution in [0.4, 0.5) is 0 Å². The third-order valence-electron chi connectivity index (χ3n) is 2.72. The van der Waals surface area contributed by atoms with Crippen LogP contribution in [0.2, 0.25) is 0 Å². The Balaban J connectivity index is 2.12. The fraction of sp³-hybridized carbons (Fsp3) is 0.500. The van der Waals surface area contributed by atoms with Crippen molar-refractivity contribution in [2.75, 3.05) is 6.54 Å². The Morgan fingerprint density at radius 1 is 1.25 bits per heavy atom.